The Bertz CT molecular complexity index is 1100. The van der Waals surface area contributed by atoms with E-state index >= 15 is 0 Å². The second kappa shape index (κ2) is 10.0. The van der Waals surface area contributed by atoms with Crippen LogP contribution in [0.1, 0.15) is 17.2 Å². The average Bonchev–Trinajstić information content (AvgIpc) is 2.85. The van der Waals surface area contributed by atoms with Gasteiger partial charge in [0.05, 0.1) is 23.7 Å². The summed E-state index contributed by atoms with van der Waals surface area (Å²) in [6.45, 7) is 2.25. The van der Waals surface area contributed by atoms with Gasteiger partial charge in [-0.3, -0.25) is 9.69 Å². The van der Waals surface area contributed by atoms with Gasteiger partial charge in [0.1, 0.15) is 6.04 Å². The Kier molecular flexibility index (Phi) is 7.27. The summed E-state index contributed by atoms with van der Waals surface area (Å²) in [6.07, 6.45) is -4.78. The van der Waals surface area contributed by atoms with E-state index in [0.29, 0.717) is 26.3 Å². The third-order valence-electron chi connectivity index (χ3n) is 6.12. The van der Waals surface area contributed by atoms with Gasteiger partial charge in [-0.25, -0.2) is 8.42 Å². The van der Waals surface area contributed by atoms with Crippen molar-refractivity contribution >= 4 is 15.9 Å². The number of nitrogens with zero attached hydrogens (tertiary/aromatic N) is 3. The fourth-order valence-electron chi connectivity index (χ4n) is 4.37. The van der Waals surface area contributed by atoms with Gasteiger partial charge in [0.15, 0.2) is 0 Å². The van der Waals surface area contributed by atoms with Gasteiger partial charge in [-0.2, -0.15) is 17.5 Å². The highest BCUT2D eigenvalue weighted by molar-refractivity contribution is 7.89. The Hall–Kier alpha value is -2.47. The largest absolute Gasteiger partial charge is 0.417 e. The maximum atomic E-state index is 13.4. The lowest BCUT2D eigenvalue weighted by molar-refractivity contribution is -0.142. The van der Waals surface area contributed by atoms with E-state index < -0.39 is 32.7 Å². The minimum Gasteiger partial charge on any atom is -0.378 e. The number of rotatable bonds is 5. The number of halogens is 3. The first-order valence-corrected chi connectivity index (χ1v) is 12.5. The summed E-state index contributed by atoms with van der Waals surface area (Å²) in [7, 11) is -4.36. The molecule has 2 heterocycles. The van der Waals surface area contributed by atoms with Gasteiger partial charge in [0.2, 0.25) is 15.9 Å². The summed E-state index contributed by atoms with van der Waals surface area (Å²) >= 11 is 0. The molecule has 184 valence electrons. The van der Waals surface area contributed by atoms with Gasteiger partial charge in [-0.05, 0) is 17.7 Å². The zero-order valence-electron chi connectivity index (χ0n) is 18.4. The molecule has 0 spiro atoms. The molecule has 2 aliphatic heterocycles. The number of sulfonamides is 1. The molecule has 2 aliphatic rings. The van der Waals surface area contributed by atoms with E-state index in [1.807, 2.05) is 35.2 Å². The zero-order chi connectivity index (χ0) is 24.3. The van der Waals surface area contributed by atoms with Crippen molar-refractivity contribution in [2.75, 3.05) is 52.5 Å². The molecule has 7 nitrogen and oxygen atoms in total. The standard InChI is InChI=1S/C23H26F3N3O4S/c24-23(25,26)19-8-4-5-9-20(19)34(31,32)29-12-10-27(11-13-29)21(18-6-2-1-3-7-18)22(30)28-14-16-33-17-15-28/h1-9,21H,10-17H2. The van der Waals surface area contributed by atoms with E-state index in [1.165, 1.54) is 12.1 Å². The molecule has 0 bridgehead atoms. The first-order valence-electron chi connectivity index (χ1n) is 11.0. The molecule has 2 fully saturated rings. The van der Waals surface area contributed by atoms with Crippen molar-refractivity contribution in [2.45, 2.75) is 17.1 Å². The fourth-order valence-corrected chi connectivity index (χ4v) is 6.00. The quantitative estimate of drug-likeness (QED) is 0.635. The van der Waals surface area contributed by atoms with Crippen LogP contribution in [0.3, 0.4) is 0 Å². The Morgan fingerprint density at radius 1 is 0.853 bits per heavy atom. The number of ether oxygens (including phenoxy) is 1. The Morgan fingerprint density at radius 2 is 1.44 bits per heavy atom. The van der Waals surface area contributed by atoms with Crippen LogP contribution in [0, 0.1) is 0 Å². The molecule has 2 saturated heterocycles. The van der Waals surface area contributed by atoms with Crippen LogP contribution < -0.4 is 0 Å². The molecule has 0 aliphatic carbocycles. The molecule has 4 rings (SSSR count). The van der Waals surface area contributed by atoms with Crippen LogP contribution in [-0.4, -0.2) is 80.9 Å². The van der Waals surface area contributed by atoms with Crippen molar-refractivity contribution in [3.05, 3.63) is 65.7 Å². The van der Waals surface area contributed by atoms with Gasteiger partial charge in [0.25, 0.3) is 0 Å². The number of hydrogen-bond donors (Lipinski definition) is 0. The Balaban J connectivity index is 1.55. The first kappa shape index (κ1) is 24.6. The molecular weight excluding hydrogens is 471 g/mol. The smallest absolute Gasteiger partial charge is 0.378 e. The second-order valence-electron chi connectivity index (χ2n) is 8.18. The Labute approximate surface area is 196 Å². The van der Waals surface area contributed by atoms with Crippen LogP contribution in [0.25, 0.3) is 0 Å². The van der Waals surface area contributed by atoms with Crippen molar-refractivity contribution in [1.82, 2.24) is 14.1 Å². The summed E-state index contributed by atoms with van der Waals surface area (Å²) < 4.78 is 72.9. The number of alkyl halides is 3. The number of carbonyl (C=O) groups is 1. The molecule has 11 heteroatoms. The summed E-state index contributed by atoms with van der Waals surface area (Å²) in [6, 6.07) is 12.8. The van der Waals surface area contributed by atoms with Crippen molar-refractivity contribution in [3.8, 4) is 0 Å². The van der Waals surface area contributed by atoms with Crippen molar-refractivity contribution < 1.29 is 31.1 Å². The van der Waals surface area contributed by atoms with E-state index in [9.17, 15) is 26.4 Å². The highest BCUT2D eigenvalue weighted by Gasteiger charge is 2.41. The van der Waals surface area contributed by atoms with E-state index in [-0.39, 0.29) is 32.1 Å². The lowest BCUT2D eigenvalue weighted by Crippen LogP contribution is -2.54. The lowest BCUT2D eigenvalue weighted by Gasteiger charge is -2.40. The number of piperazine rings is 1. The number of hydrogen-bond acceptors (Lipinski definition) is 5. The van der Waals surface area contributed by atoms with Crippen LogP contribution in [-0.2, 0) is 25.7 Å². The molecule has 0 aromatic heterocycles. The maximum Gasteiger partial charge on any atom is 0.417 e. The second-order valence-corrected chi connectivity index (χ2v) is 10.1. The average molecular weight is 498 g/mol. The number of benzene rings is 2. The predicted octanol–water partition coefficient (Wildman–Crippen LogP) is 2.61. The molecular formula is C23H26F3N3O4S. The van der Waals surface area contributed by atoms with Gasteiger partial charge in [-0.15, -0.1) is 0 Å². The molecule has 0 N–H and O–H groups in total. The summed E-state index contributed by atoms with van der Waals surface area (Å²) in [4.78, 5) is 16.3. The summed E-state index contributed by atoms with van der Waals surface area (Å²) in [5.74, 6) is -0.0896. The predicted molar refractivity (Wildman–Crippen MR) is 118 cm³/mol. The molecule has 0 radical (unpaired) electrons. The van der Waals surface area contributed by atoms with E-state index in [1.54, 1.807) is 4.90 Å². The van der Waals surface area contributed by atoms with Crippen LogP contribution in [0.4, 0.5) is 13.2 Å². The SMILES string of the molecule is O=C(C(c1ccccc1)N1CCN(S(=O)(=O)c2ccccc2C(F)(F)F)CC1)N1CCOCC1. The van der Waals surface area contributed by atoms with Crippen LogP contribution in [0.5, 0.6) is 0 Å². The van der Waals surface area contributed by atoms with Gasteiger partial charge < -0.3 is 9.64 Å². The van der Waals surface area contributed by atoms with Crippen LogP contribution >= 0.6 is 0 Å². The van der Waals surface area contributed by atoms with Crippen molar-refractivity contribution in [1.29, 1.82) is 0 Å². The molecule has 2 aromatic rings. The van der Waals surface area contributed by atoms with Crippen molar-refractivity contribution in [2.24, 2.45) is 0 Å². The van der Waals surface area contributed by atoms with Gasteiger partial charge >= 0.3 is 6.18 Å². The molecule has 1 unspecified atom stereocenters. The molecule has 1 atom stereocenters. The zero-order valence-corrected chi connectivity index (χ0v) is 19.3. The van der Waals surface area contributed by atoms with Crippen LogP contribution in [0.2, 0.25) is 0 Å². The van der Waals surface area contributed by atoms with Crippen LogP contribution in [0.15, 0.2) is 59.5 Å². The summed E-state index contributed by atoms with van der Waals surface area (Å²) in [5, 5.41) is 0. The third kappa shape index (κ3) is 5.12. The molecule has 1 amide bonds. The number of amides is 1. The molecule has 2 aromatic carbocycles. The molecule has 34 heavy (non-hydrogen) atoms. The minimum absolute atomic E-state index is 0.0196. The van der Waals surface area contributed by atoms with E-state index in [0.717, 1.165) is 22.0 Å². The molecule has 0 saturated carbocycles. The third-order valence-corrected chi connectivity index (χ3v) is 8.08. The fraction of sp³-hybridized carbons (Fsp3) is 0.435. The number of morpholine rings is 1. The maximum absolute atomic E-state index is 13.4. The highest BCUT2D eigenvalue weighted by atomic mass is 32.2. The van der Waals surface area contributed by atoms with Crippen molar-refractivity contribution in [3.63, 3.8) is 0 Å². The van der Waals surface area contributed by atoms with E-state index in [2.05, 4.69) is 0 Å². The van der Waals surface area contributed by atoms with Gasteiger partial charge in [-0.1, -0.05) is 42.5 Å². The lowest BCUT2D eigenvalue weighted by atomic mass is 10.0. The first-order chi connectivity index (χ1) is 16.2. The Morgan fingerprint density at radius 3 is 2.06 bits per heavy atom. The minimum atomic E-state index is -4.78. The summed E-state index contributed by atoms with van der Waals surface area (Å²) in [5.41, 5.74) is -0.389. The van der Waals surface area contributed by atoms with Gasteiger partial charge in [0, 0.05) is 39.3 Å². The van der Waals surface area contributed by atoms with E-state index in [4.69, 9.17) is 4.74 Å². The normalized spacial score (nSPS) is 19.7. The number of carbonyl (C=O) groups excluding carboxylic acids is 1. The topological polar surface area (TPSA) is 70.2 Å². The highest BCUT2D eigenvalue weighted by Crippen LogP contribution is 2.35. The monoisotopic (exact) mass is 497 g/mol.